The van der Waals surface area contributed by atoms with Crippen molar-refractivity contribution >= 4 is 17.7 Å². The Morgan fingerprint density at radius 3 is 2.67 bits per heavy atom. The average molecular weight is 272 g/mol. The number of thioether (sulfide) groups is 1. The van der Waals surface area contributed by atoms with E-state index in [1.807, 2.05) is 11.8 Å². The Morgan fingerprint density at radius 1 is 1.50 bits per heavy atom. The Kier molecular flexibility index (Phi) is 4.56. The van der Waals surface area contributed by atoms with Gasteiger partial charge in [-0.05, 0) is 51.3 Å². The number of nitrogens with one attached hydrogen (secondary N) is 1. The number of aliphatic hydroxyl groups is 1. The first-order valence-corrected chi connectivity index (χ1v) is 7.94. The molecule has 0 bridgehead atoms. The van der Waals surface area contributed by atoms with Crippen molar-refractivity contribution in [2.75, 3.05) is 31.7 Å². The van der Waals surface area contributed by atoms with Gasteiger partial charge in [0.1, 0.15) is 0 Å². The van der Waals surface area contributed by atoms with E-state index in [-0.39, 0.29) is 24.0 Å². The fourth-order valence-electron chi connectivity index (χ4n) is 2.88. The fraction of sp³-hybridized carbons (Fsp3) is 0.923. The third kappa shape index (κ3) is 2.83. The van der Waals surface area contributed by atoms with Crippen LogP contribution in [0, 0.1) is 5.92 Å². The predicted molar refractivity (Wildman–Crippen MR) is 74.7 cm³/mol. The van der Waals surface area contributed by atoms with Crippen molar-refractivity contribution in [2.45, 2.75) is 37.8 Å². The third-order valence-corrected chi connectivity index (χ3v) is 5.53. The normalized spacial score (nSPS) is 32.4. The highest BCUT2D eigenvalue weighted by Gasteiger charge is 2.39. The molecule has 2 N–H and O–H groups in total. The van der Waals surface area contributed by atoms with Crippen molar-refractivity contribution in [1.82, 2.24) is 10.2 Å². The smallest absolute Gasteiger partial charge is 0.225 e. The summed E-state index contributed by atoms with van der Waals surface area (Å²) in [6.45, 7) is 3.16. The molecule has 0 radical (unpaired) electrons. The maximum absolute atomic E-state index is 12.4. The molecule has 2 fully saturated rings. The summed E-state index contributed by atoms with van der Waals surface area (Å²) in [5.74, 6) is 2.27. The summed E-state index contributed by atoms with van der Waals surface area (Å²) in [6, 6.07) is 0.304. The number of amides is 1. The van der Waals surface area contributed by atoms with Crippen LogP contribution in [0.15, 0.2) is 0 Å². The van der Waals surface area contributed by atoms with Crippen molar-refractivity contribution in [3.63, 3.8) is 0 Å². The first kappa shape index (κ1) is 14.2. The Morgan fingerprint density at radius 2 is 2.17 bits per heavy atom. The SMILES string of the molecule is C[C@@H]1[C@H](C(=O)NC2(CO)CCSCC2)CCN1C. The number of likely N-dealkylation sites (tertiary alicyclic amines) is 1. The molecule has 4 nitrogen and oxygen atoms in total. The molecular weight excluding hydrogens is 248 g/mol. The Hall–Kier alpha value is -0.260. The average Bonchev–Trinajstić information content (AvgIpc) is 2.71. The lowest BCUT2D eigenvalue weighted by Crippen LogP contribution is -2.55. The van der Waals surface area contributed by atoms with Gasteiger partial charge in [-0.1, -0.05) is 0 Å². The van der Waals surface area contributed by atoms with E-state index in [9.17, 15) is 9.90 Å². The largest absolute Gasteiger partial charge is 0.394 e. The van der Waals surface area contributed by atoms with Gasteiger partial charge in [-0.3, -0.25) is 4.79 Å². The van der Waals surface area contributed by atoms with Gasteiger partial charge in [-0.2, -0.15) is 11.8 Å². The van der Waals surface area contributed by atoms with Crippen LogP contribution >= 0.6 is 11.8 Å². The van der Waals surface area contributed by atoms with Crippen LogP contribution in [0.3, 0.4) is 0 Å². The lowest BCUT2D eigenvalue weighted by atomic mass is 9.91. The first-order chi connectivity index (χ1) is 8.58. The van der Waals surface area contributed by atoms with Crippen LogP contribution in [0.4, 0.5) is 0 Å². The first-order valence-electron chi connectivity index (χ1n) is 6.79. The zero-order valence-corrected chi connectivity index (χ0v) is 12.1. The van der Waals surface area contributed by atoms with E-state index < -0.39 is 0 Å². The molecule has 2 aliphatic heterocycles. The number of rotatable bonds is 3. The standard InChI is InChI=1S/C13H24N2O2S/c1-10-11(3-6-15(10)2)12(17)14-13(9-16)4-7-18-8-5-13/h10-11,16H,3-9H2,1-2H3,(H,14,17)/t10-,11-/m1/s1. The quantitative estimate of drug-likeness (QED) is 0.794. The van der Waals surface area contributed by atoms with Crippen molar-refractivity contribution in [3.05, 3.63) is 0 Å². The fourth-order valence-corrected chi connectivity index (χ4v) is 4.16. The zero-order chi connectivity index (χ0) is 13.2. The van der Waals surface area contributed by atoms with Crippen molar-refractivity contribution in [1.29, 1.82) is 0 Å². The van der Waals surface area contributed by atoms with Crippen LogP contribution in [-0.4, -0.2) is 59.2 Å². The molecule has 0 saturated carbocycles. The number of hydrogen-bond donors (Lipinski definition) is 2. The van der Waals surface area contributed by atoms with Crippen molar-refractivity contribution in [2.24, 2.45) is 5.92 Å². The minimum Gasteiger partial charge on any atom is -0.394 e. The van der Waals surface area contributed by atoms with E-state index in [2.05, 4.69) is 24.2 Å². The molecule has 18 heavy (non-hydrogen) atoms. The molecule has 5 heteroatoms. The van der Waals surface area contributed by atoms with Crippen LogP contribution in [0.5, 0.6) is 0 Å². The lowest BCUT2D eigenvalue weighted by molar-refractivity contribution is -0.128. The summed E-state index contributed by atoms with van der Waals surface area (Å²) in [7, 11) is 2.07. The van der Waals surface area contributed by atoms with Crippen LogP contribution in [0.1, 0.15) is 26.2 Å². The van der Waals surface area contributed by atoms with Gasteiger partial charge in [-0.15, -0.1) is 0 Å². The molecule has 0 aromatic heterocycles. The number of nitrogens with zero attached hydrogens (tertiary/aromatic N) is 1. The second-order valence-electron chi connectivity index (χ2n) is 5.66. The van der Waals surface area contributed by atoms with Gasteiger partial charge >= 0.3 is 0 Å². The molecule has 2 aliphatic rings. The Balaban J connectivity index is 1.97. The van der Waals surface area contributed by atoms with E-state index in [1.54, 1.807) is 0 Å². The highest BCUT2D eigenvalue weighted by molar-refractivity contribution is 7.99. The molecule has 0 aromatic rings. The molecule has 0 unspecified atom stereocenters. The molecule has 0 spiro atoms. The van der Waals surface area contributed by atoms with Gasteiger partial charge in [0.25, 0.3) is 0 Å². The van der Waals surface area contributed by atoms with Crippen LogP contribution in [0.2, 0.25) is 0 Å². The monoisotopic (exact) mass is 272 g/mol. The second kappa shape index (κ2) is 5.80. The van der Waals surface area contributed by atoms with Gasteiger partial charge in [-0.25, -0.2) is 0 Å². The molecule has 2 heterocycles. The molecule has 2 rings (SSSR count). The van der Waals surface area contributed by atoms with Crippen molar-refractivity contribution in [3.8, 4) is 0 Å². The van der Waals surface area contributed by atoms with Gasteiger partial charge in [0.05, 0.1) is 18.1 Å². The van der Waals surface area contributed by atoms with E-state index in [0.29, 0.717) is 6.04 Å². The number of carbonyl (C=O) groups excluding carboxylic acids is 1. The molecule has 104 valence electrons. The van der Waals surface area contributed by atoms with Crippen LogP contribution in [0.25, 0.3) is 0 Å². The van der Waals surface area contributed by atoms with Gasteiger partial charge in [0.15, 0.2) is 0 Å². The van der Waals surface area contributed by atoms with E-state index in [4.69, 9.17) is 0 Å². The maximum Gasteiger partial charge on any atom is 0.225 e. The minimum absolute atomic E-state index is 0.0657. The van der Waals surface area contributed by atoms with E-state index in [1.165, 1.54) is 0 Å². The van der Waals surface area contributed by atoms with Crippen LogP contribution in [-0.2, 0) is 4.79 Å². The Labute approximate surface area is 113 Å². The highest BCUT2D eigenvalue weighted by atomic mass is 32.2. The Bertz CT molecular complexity index is 305. The molecule has 0 aromatic carbocycles. The van der Waals surface area contributed by atoms with Gasteiger partial charge in [0, 0.05) is 6.04 Å². The number of aliphatic hydroxyl groups excluding tert-OH is 1. The zero-order valence-electron chi connectivity index (χ0n) is 11.3. The number of hydrogen-bond acceptors (Lipinski definition) is 4. The molecule has 1 amide bonds. The molecule has 2 atom stereocenters. The number of carbonyl (C=O) groups is 1. The molecule has 2 saturated heterocycles. The minimum atomic E-state index is -0.358. The summed E-state index contributed by atoms with van der Waals surface area (Å²) in [6.07, 6.45) is 2.70. The van der Waals surface area contributed by atoms with Crippen molar-refractivity contribution < 1.29 is 9.90 Å². The van der Waals surface area contributed by atoms with Gasteiger partial charge < -0.3 is 15.3 Å². The lowest BCUT2D eigenvalue weighted by Gasteiger charge is -2.37. The molecular formula is C13H24N2O2S. The van der Waals surface area contributed by atoms with Gasteiger partial charge in [0.2, 0.25) is 5.91 Å². The predicted octanol–water partition coefficient (Wildman–Crippen LogP) is 0.701. The molecule has 0 aliphatic carbocycles. The van der Waals surface area contributed by atoms with E-state index in [0.717, 1.165) is 37.3 Å². The highest BCUT2D eigenvalue weighted by Crippen LogP contribution is 2.29. The summed E-state index contributed by atoms with van der Waals surface area (Å²) in [4.78, 5) is 14.6. The van der Waals surface area contributed by atoms with Crippen LogP contribution < -0.4 is 5.32 Å². The summed E-state index contributed by atoms with van der Waals surface area (Å²) < 4.78 is 0. The topological polar surface area (TPSA) is 52.6 Å². The summed E-state index contributed by atoms with van der Waals surface area (Å²) in [5.41, 5.74) is -0.358. The second-order valence-corrected chi connectivity index (χ2v) is 6.88. The summed E-state index contributed by atoms with van der Waals surface area (Å²) in [5, 5.41) is 12.8. The summed E-state index contributed by atoms with van der Waals surface area (Å²) >= 11 is 1.90. The third-order valence-electron chi connectivity index (χ3n) is 4.55. The van der Waals surface area contributed by atoms with E-state index >= 15 is 0 Å². The maximum atomic E-state index is 12.4.